The van der Waals surface area contributed by atoms with Crippen LogP contribution in [0.5, 0.6) is 0 Å². The lowest BCUT2D eigenvalue weighted by molar-refractivity contribution is -0.250. The van der Waals surface area contributed by atoms with Crippen molar-refractivity contribution in [2.75, 3.05) is 6.61 Å². The summed E-state index contributed by atoms with van der Waals surface area (Å²) >= 11 is 12.3. The quantitative estimate of drug-likeness (QED) is 0.376. The Labute approximate surface area is 153 Å². The largest absolute Gasteiger partial charge is 0.463 e. The Morgan fingerprint density at radius 2 is 1.52 bits per heavy atom. The van der Waals surface area contributed by atoms with Gasteiger partial charge < -0.3 is 23.7 Å². The van der Waals surface area contributed by atoms with Gasteiger partial charge in [-0.2, -0.15) is 0 Å². The van der Waals surface area contributed by atoms with Gasteiger partial charge in [0.15, 0.2) is 17.8 Å². The summed E-state index contributed by atoms with van der Waals surface area (Å²) < 4.78 is 25.4. The molecule has 1 aliphatic rings. The minimum Gasteiger partial charge on any atom is -0.463 e. The van der Waals surface area contributed by atoms with Gasteiger partial charge in [0.25, 0.3) is 5.06 Å². The summed E-state index contributed by atoms with van der Waals surface area (Å²) in [4.78, 5) is 45.3. The molecule has 0 N–H and O–H groups in total. The molecule has 1 rings (SSSR count). The molecule has 0 unspecified atom stereocenters. The molecule has 25 heavy (non-hydrogen) atoms. The molecule has 9 nitrogen and oxygen atoms in total. The molecule has 5 atom stereocenters. The van der Waals surface area contributed by atoms with E-state index in [0.717, 1.165) is 27.7 Å². The molecular formula is C14H18Cl2O9. The van der Waals surface area contributed by atoms with E-state index >= 15 is 0 Å². The first-order chi connectivity index (χ1) is 11.5. The molecule has 0 saturated carbocycles. The Morgan fingerprint density at radius 3 is 1.96 bits per heavy atom. The van der Waals surface area contributed by atoms with Crippen molar-refractivity contribution in [3.63, 3.8) is 0 Å². The first-order valence-electron chi connectivity index (χ1n) is 7.13. The number of esters is 4. The third-order valence-electron chi connectivity index (χ3n) is 3.00. The van der Waals surface area contributed by atoms with Gasteiger partial charge in [0.1, 0.15) is 12.7 Å². The van der Waals surface area contributed by atoms with E-state index in [0.29, 0.717) is 0 Å². The van der Waals surface area contributed by atoms with E-state index < -0.39 is 52.8 Å². The fourth-order valence-electron chi connectivity index (χ4n) is 2.19. The third-order valence-corrected chi connectivity index (χ3v) is 4.03. The third kappa shape index (κ3) is 5.72. The van der Waals surface area contributed by atoms with E-state index in [2.05, 4.69) is 0 Å². The van der Waals surface area contributed by atoms with E-state index in [4.69, 9.17) is 46.9 Å². The fraction of sp³-hybridized carbons (Fsp3) is 0.714. The molecule has 1 fully saturated rings. The lowest BCUT2D eigenvalue weighted by Gasteiger charge is -2.46. The van der Waals surface area contributed by atoms with Crippen molar-refractivity contribution in [2.24, 2.45) is 0 Å². The molecular weight excluding hydrogens is 383 g/mol. The van der Waals surface area contributed by atoms with E-state index in [1.165, 1.54) is 0 Å². The summed E-state index contributed by atoms with van der Waals surface area (Å²) in [5.41, 5.74) is -1.49. The van der Waals surface area contributed by atoms with Crippen molar-refractivity contribution in [2.45, 2.75) is 56.6 Å². The highest BCUT2D eigenvalue weighted by atomic mass is 35.5. The normalized spacial score (nSPS) is 31.6. The monoisotopic (exact) mass is 400 g/mol. The number of hydrogen-bond donors (Lipinski definition) is 0. The van der Waals surface area contributed by atoms with Crippen LogP contribution in [0.4, 0.5) is 0 Å². The molecule has 1 saturated heterocycles. The molecule has 0 aromatic rings. The van der Waals surface area contributed by atoms with E-state index in [-0.39, 0.29) is 6.61 Å². The summed E-state index contributed by atoms with van der Waals surface area (Å²) in [5, 5.41) is -2.16. The van der Waals surface area contributed by atoms with Crippen LogP contribution in [0.15, 0.2) is 0 Å². The number of hydrogen-bond acceptors (Lipinski definition) is 9. The maximum Gasteiger partial charge on any atom is 0.304 e. The lowest BCUT2D eigenvalue weighted by Crippen LogP contribution is -2.66. The number of ether oxygens (including phenoxy) is 5. The summed E-state index contributed by atoms with van der Waals surface area (Å²) in [6.45, 7) is 4.04. The topological polar surface area (TPSA) is 114 Å². The number of rotatable bonds is 5. The van der Waals surface area contributed by atoms with Crippen LogP contribution in [0.2, 0.25) is 0 Å². The predicted molar refractivity (Wildman–Crippen MR) is 82.6 cm³/mol. The molecule has 11 heteroatoms. The van der Waals surface area contributed by atoms with Gasteiger partial charge in [-0.05, 0) is 0 Å². The second-order valence-corrected chi connectivity index (χ2v) is 6.18. The van der Waals surface area contributed by atoms with Gasteiger partial charge in [0.05, 0.1) is 0 Å². The van der Waals surface area contributed by atoms with Crippen LogP contribution in [-0.4, -0.2) is 59.4 Å². The van der Waals surface area contributed by atoms with Crippen molar-refractivity contribution >= 4 is 47.1 Å². The highest BCUT2D eigenvalue weighted by molar-refractivity contribution is 6.32. The second kappa shape index (κ2) is 8.68. The molecule has 142 valence electrons. The summed E-state index contributed by atoms with van der Waals surface area (Å²) in [6, 6.07) is 0. The smallest absolute Gasteiger partial charge is 0.304 e. The second-order valence-electron chi connectivity index (χ2n) is 5.19. The average molecular weight is 401 g/mol. The van der Waals surface area contributed by atoms with E-state index in [9.17, 15) is 19.2 Å². The molecule has 0 radical (unpaired) electrons. The Balaban J connectivity index is 3.26. The van der Waals surface area contributed by atoms with E-state index in [1.54, 1.807) is 0 Å². The van der Waals surface area contributed by atoms with Crippen LogP contribution in [0.3, 0.4) is 0 Å². The van der Waals surface area contributed by atoms with Crippen LogP contribution >= 0.6 is 23.2 Å². The Kier molecular flexibility index (Phi) is 7.45. The number of carbonyl (C=O) groups is 4. The van der Waals surface area contributed by atoms with Gasteiger partial charge in [0.2, 0.25) is 0 Å². The number of halogens is 2. The van der Waals surface area contributed by atoms with Crippen molar-refractivity contribution in [3.8, 4) is 0 Å². The molecule has 0 amide bonds. The Hall–Kier alpha value is -1.58. The van der Waals surface area contributed by atoms with Gasteiger partial charge in [-0.1, -0.05) is 23.2 Å². The Morgan fingerprint density at radius 1 is 0.960 bits per heavy atom. The van der Waals surface area contributed by atoms with Crippen molar-refractivity contribution in [1.29, 1.82) is 0 Å². The first kappa shape index (κ1) is 21.5. The number of carbonyl (C=O) groups excluding carboxylic acids is 4. The zero-order valence-corrected chi connectivity index (χ0v) is 15.5. The van der Waals surface area contributed by atoms with Gasteiger partial charge >= 0.3 is 23.9 Å². The zero-order valence-electron chi connectivity index (χ0n) is 13.9. The van der Waals surface area contributed by atoms with Gasteiger partial charge in [0, 0.05) is 27.7 Å². The predicted octanol–water partition coefficient (Wildman–Crippen LogP) is 0.875. The molecule has 0 aliphatic carbocycles. The van der Waals surface area contributed by atoms with Crippen molar-refractivity contribution < 1.29 is 42.9 Å². The van der Waals surface area contributed by atoms with Gasteiger partial charge in [-0.3, -0.25) is 19.2 Å². The van der Waals surface area contributed by atoms with Crippen LogP contribution < -0.4 is 0 Å². The first-order valence-corrected chi connectivity index (χ1v) is 7.94. The molecule has 1 aliphatic heterocycles. The summed E-state index contributed by atoms with van der Waals surface area (Å²) in [5.74, 6) is -3.01. The van der Waals surface area contributed by atoms with Crippen LogP contribution in [0, 0.1) is 0 Å². The maximum absolute atomic E-state index is 11.5. The van der Waals surface area contributed by atoms with Gasteiger partial charge in [-0.25, -0.2) is 0 Å². The average Bonchev–Trinajstić information content (AvgIpc) is 2.44. The van der Waals surface area contributed by atoms with Crippen molar-refractivity contribution in [1.82, 2.24) is 0 Å². The molecule has 0 bridgehead atoms. The maximum atomic E-state index is 11.5. The lowest BCUT2D eigenvalue weighted by atomic mass is 9.98. The van der Waals surface area contributed by atoms with Crippen molar-refractivity contribution in [3.05, 3.63) is 0 Å². The number of alkyl halides is 2. The SMILES string of the molecule is CC(=O)OC[C@H]1O[C@H](Cl)[C@](Cl)(OC(C)=O)[C@@H](OC(C)=O)[C@@H]1OC(C)=O. The van der Waals surface area contributed by atoms with Crippen LogP contribution in [-0.2, 0) is 42.9 Å². The van der Waals surface area contributed by atoms with E-state index in [1.807, 2.05) is 0 Å². The standard InChI is InChI=1S/C14H18Cl2O9/c1-6(17)21-5-10-11(22-7(2)18)12(23-8(3)19)14(16,13(15)24-10)25-9(4)20/h10-13H,5H2,1-4H3/t10-,11-,12+,13+,14-/m1/s1. The molecule has 0 aromatic carbocycles. The molecule has 0 aromatic heterocycles. The van der Waals surface area contributed by atoms with Crippen LogP contribution in [0.1, 0.15) is 27.7 Å². The fourth-order valence-corrected chi connectivity index (χ4v) is 2.82. The minimum absolute atomic E-state index is 0.360. The summed E-state index contributed by atoms with van der Waals surface area (Å²) in [6.07, 6.45) is -3.95. The zero-order chi connectivity index (χ0) is 19.4. The molecule has 1 heterocycles. The highest BCUT2D eigenvalue weighted by Gasteiger charge is 2.61. The minimum atomic E-state index is -2.16. The molecule has 0 spiro atoms. The summed E-state index contributed by atoms with van der Waals surface area (Å²) in [7, 11) is 0. The van der Waals surface area contributed by atoms with Gasteiger partial charge in [-0.15, -0.1) is 0 Å². The Bertz CT molecular complexity index is 552. The highest BCUT2D eigenvalue weighted by Crippen LogP contribution is 2.41. The van der Waals surface area contributed by atoms with Crippen LogP contribution in [0.25, 0.3) is 0 Å².